The third-order valence-electron chi connectivity index (χ3n) is 4.39. The molecule has 2 atom stereocenters. The summed E-state index contributed by atoms with van der Waals surface area (Å²) in [5.74, 6) is -0.340. The first kappa shape index (κ1) is 12.0. The molecule has 1 N–H and O–H groups in total. The van der Waals surface area contributed by atoms with Gasteiger partial charge in [0.1, 0.15) is 0 Å². The predicted molar refractivity (Wildman–Crippen MR) is 71.6 cm³/mol. The molecule has 0 bridgehead atoms. The minimum absolute atomic E-state index is 0.287. The summed E-state index contributed by atoms with van der Waals surface area (Å²) in [5, 5.41) is 9.56. The van der Waals surface area contributed by atoms with Crippen LogP contribution in [0.25, 0.3) is 0 Å². The molecule has 18 heavy (non-hydrogen) atoms. The number of hydrogen-bond donors (Lipinski definition) is 1. The smallest absolute Gasteiger partial charge is 0.311 e. The van der Waals surface area contributed by atoms with Crippen LogP contribution in [0.3, 0.4) is 0 Å². The number of anilines is 1. The van der Waals surface area contributed by atoms with Crippen LogP contribution in [-0.4, -0.2) is 29.1 Å². The molecular formula is C13H15BrN2O2. The molecule has 1 saturated carbocycles. The van der Waals surface area contributed by atoms with Gasteiger partial charge in [-0.2, -0.15) is 0 Å². The molecule has 1 aromatic heterocycles. The van der Waals surface area contributed by atoms with E-state index in [1.54, 1.807) is 12.4 Å². The predicted octanol–water partition coefficient (Wildman–Crippen LogP) is 2.54. The van der Waals surface area contributed by atoms with E-state index < -0.39 is 11.4 Å². The molecule has 0 amide bonds. The number of carboxylic acid groups (broad SMARTS) is 1. The molecule has 2 heterocycles. The van der Waals surface area contributed by atoms with Crippen LogP contribution in [0.1, 0.15) is 19.3 Å². The van der Waals surface area contributed by atoms with Crippen molar-refractivity contribution in [3.05, 3.63) is 22.9 Å². The third kappa shape index (κ3) is 1.64. The summed E-state index contributed by atoms with van der Waals surface area (Å²) in [6.45, 7) is 1.46. The second kappa shape index (κ2) is 4.23. The Morgan fingerprint density at radius 2 is 2.44 bits per heavy atom. The normalized spacial score (nSPS) is 30.5. The van der Waals surface area contributed by atoms with Crippen molar-refractivity contribution in [2.45, 2.75) is 19.3 Å². The fourth-order valence-corrected chi connectivity index (χ4v) is 3.95. The molecule has 0 spiro atoms. The van der Waals surface area contributed by atoms with Crippen molar-refractivity contribution in [2.75, 3.05) is 18.0 Å². The van der Waals surface area contributed by atoms with E-state index in [9.17, 15) is 9.90 Å². The highest BCUT2D eigenvalue weighted by atomic mass is 79.9. The summed E-state index contributed by atoms with van der Waals surface area (Å²) in [7, 11) is 0. The number of halogens is 1. The first-order chi connectivity index (χ1) is 8.63. The number of rotatable bonds is 2. The van der Waals surface area contributed by atoms with Gasteiger partial charge in [-0.3, -0.25) is 9.78 Å². The molecule has 1 aromatic rings. The lowest BCUT2D eigenvalue weighted by Gasteiger charge is -2.24. The van der Waals surface area contributed by atoms with E-state index in [1.165, 1.54) is 0 Å². The van der Waals surface area contributed by atoms with Crippen molar-refractivity contribution in [2.24, 2.45) is 11.3 Å². The third-order valence-corrected chi connectivity index (χ3v) is 5.00. The zero-order valence-corrected chi connectivity index (χ0v) is 11.6. The lowest BCUT2D eigenvalue weighted by molar-refractivity contribution is -0.149. The molecule has 0 radical (unpaired) electrons. The first-order valence-electron chi connectivity index (χ1n) is 6.21. The van der Waals surface area contributed by atoms with Crippen LogP contribution < -0.4 is 4.90 Å². The minimum atomic E-state index is -0.627. The van der Waals surface area contributed by atoms with Gasteiger partial charge in [-0.1, -0.05) is 6.42 Å². The lowest BCUT2D eigenvalue weighted by atomic mass is 9.81. The maximum absolute atomic E-state index is 11.6. The van der Waals surface area contributed by atoms with Crippen LogP contribution in [-0.2, 0) is 4.79 Å². The fraction of sp³-hybridized carbons (Fsp3) is 0.538. The second-order valence-electron chi connectivity index (χ2n) is 5.26. The van der Waals surface area contributed by atoms with Crippen LogP contribution in [0.15, 0.2) is 22.9 Å². The van der Waals surface area contributed by atoms with Gasteiger partial charge in [0.05, 0.1) is 15.6 Å². The van der Waals surface area contributed by atoms with Gasteiger partial charge in [0.2, 0.25) is 0 Å². The quantitative estimate of drug-likeness (QED) is 0.912. The molecule has 0 aromatic carbocycles. The second-order valence-corrected chi connectivity index (χ2v) is 6.11. The monoisotopic (exact) mass is 310 g/mol. The molecule has 1 aliphatic heterocycles. The van der Waals surface area contributed by atoms with E-state index in [4.69, 9.17) is 0 Å². The number of aliphatic carboxylic acids is 1. The summed E-state index contributed by atoms with van der Waals surface area (Å²) in [6.07, 6.45) is 6.40. The number of nitrogens with zero attached hydrogens (tertiary/aromatic N) is 2. The van der Waals surface area contributed by atoms with E-state index in [-0.39, 0.29) is 5.92 Å². The molecular weight excluding hydrogens is 296 g/mol. The maximum atomic E-state index is 11.6. The number of pyridine rings is 1. The Morgan fingerprint density at radius 3 is 3.11 bits per heavy atom. The van der Waals surface area contributed by atoms with Crippen LogP contribution in [0.5, 0.6) is 0 Å². The average molecular weight is 311 g/mol. The van der Waals surface area contributed by atoms with Gasteiger partial charge in [-0.05, 0) is 40.8 Å². The van der Waals surface area contributed by atoms with Crippen molar-refractivity contribution in [3.8, 4) is 0 Å². The summed E-state index contributed by atoms with van der Waals surface area (Å²) in [5.41, 5.74) is 0.530. The molecule has 4 nitrogen and oxygen atoms in total. The molecule has 96 valence electrons. The molecule has 2 fully saturated rings. The van der Waals surface area contributed by atoms with Crippen molar-refractivity contribution < 1.29 is 9.90 Å². The highest BCUT2D eigenvalue weighted by Gasteiger charge is 2.55. The standard InChI is InChI=1S/C13H15BrN2O2/c14-10-6-15-5-3-11(10)16-7-9-2-1-4-13(9,8-16)12(17)18/h3,5-6,9H,1-2,4,7-8H2,(H,17,18)/t9-,13+/m0/s1. The average Bonchev–Trinajstić information content (AvgIpc) is 2.86. The molecule has 1 saturated heterocycles. The summed E-state index contributed by atoms with van der Waals surface area (Å²) in [6, 6.07) is 1.95. The topological polar surface area (TPSA) is 53.4 Å². The van der Waals surface area contributed by atoms with Gasteiger partial charge in [-0.25, -0.2) is 0 Å². The van der Waals surface area contributed by atoms with Crippen LogP contribution in [0, 0.1) is 11.3 Å². The largest absolute Gasteiger partial charge is 0.481 e. The lowest BCUT2D eigenvalue weighted by Crippen LogP contribution is -2.35. The Bertz CT molecular complexity index is 494. The summed E-state index contributed by atoms with van der Waals surface area (Å²) < 4.78 is 0.936. The molecule has 0 unspecified atom stereocenters. The summed E-state index contributed by atoms with van der Waals surface area (Å²) in [4.78, 5) is 17.9. The number of carboxylic acids is 1. The Morgan fingerprint density at radius 1 is 1.61 bits per heavy atom. The van der Waals surface area contributed by atoms with Gasteiger partial charge in [-0.15, -0.1) is 0 Å². The van der Waals surface area contributed by atoms with Crippen LogP contribution in [0.4, 0.5) is 5.69 Å². The van der Waals surface area contributed by atoms with Crippen LogP contribution >= 0.6 is 15.9 Å². The van der Waals surface area contributed by atoms with E-state index in [2.05, 4.69) is 25.8 Å². The highest BCUT2D eigenvalue weighted by Crippen LogP contribution is 2.50. The SMILES string of the molecule is O=C(O)[C@@]12CCC[C@H]1CN(c1ccncc1Br)C2. The summed E-state index contributed by atoms with van der Waals surface area (Å²) >= 11 is 3.49. The Balaban J connectivity index is 1.92. The van der Waals surface area contributed by atoms with Crippen molar-refractivity contribution in [3.63, 3.8) is 0 Å². The molecule has 5 heteroatoms. The van der Waals surface area contributed by atoms with Gasteiger partial charge < -0.3 is 10.0 Å². The van der Waals surface area contributed by atoms with E-state index in [0.717, 1.165) is 36.0 Å². The molecule has 3 rings (SSSR count). The zero-order valence-electron chi connectivity index (χ0n) is 9.97. The highest BCUT2D eigenvalue weighted by molar-refractivity contribution is 9.10. The van der Waals surface area contributed by atoms with Gasteiger partial charge in [0.15, 0.2) is 0 Å². The van der Waals surface area contributed by atoms with Gasteiger partial charge >= 0.3 is 5.97 Å². The number of hydrogen-bond acceptors (Lipinski definition) is 3. The number of fused-ring (bicyclic) bond motifs is 1. The van der Waals surface area contributed by atoms with Gasteiger partial charge in [0.25, 0.3) is 0 Å². The molecule has 1 aliphatic carbocycles. The zero-order chi connectivity index (χ0) is 12.8. The fourth-order valence-electron chi connectivity index (χ4n) is 3.45. The first-order valence-corrected chi connectivity index (χ1v) is 7.01. The number of carbonyl (C=O) groups is 1. The van der Waals surface area contributed by atoms with E-state index in [1.807, 2.05) is 6.07 Å². The van der Waals surface area contributed by atoms with E-state index >= 15 is 0 Å². The minimum Gasteiger partial charge on any atom is -0.481 e. The van der Waals surface area contributed by atoms with Crippen LogP contribution in [0.2, 0.25) is 0 Å². The van der Waals surface area contributed by atoms with Crippen molar-refractivity contribution in [1.29, 1.82) is 0 Å². The van der Waals surface area contributed by atoms with Crippen molar-refractivity contribution in [1.82, 2.24) is 4.98 Å². The maximum Gasteiger partial charge on any atom is 0.311 e. The Hall–Kier alpha value is -1.10. The van der Waals surface area contributed by atoms with Gasteiger partial charge in [0, 0.05) is 25.5 Å². The Labute approximate surface area is 114 Å². The van der Waals surface area contributed by atoms with E-state index in [0.29, 0.717) is 6.54 Å². The molecule has 2 aliphatic rings. The Kier molecular flexibility index (Phi) is 2.81. The van der Waals surface area contributed by atoms with Crippen molar-refractivity contribution >= 4 is 27.6 Å². The number of aromatic nitrogens is 1.